The Morgan fingerprint density at radius 2 is 0.529 bits per heavy atom. The second-order valence-corrected chi connectivity index (χ2v) is 20.6. The molecule has 0 aromatic carbocycles. The minimum absolute atomic E-state index is 0. The van der Waals surface area contributed by atoms with Crippen molar-refractivity contribution in [2.45, 2.75) is 155 Å². The summed E-state index contributed by atoms with van der Waals surface area (Å²) in [7, 11) is 0. The van der Waals surface area contributed by atoms with Crippen LogP contribution in [0.1, 0.15) is 101 Å². The minimum atomic E-state index is -6.56. The minimum Gasteiger partial charge on any atom is -0.506 e. The molecular weight excluding hydrogens is 1170 g/mol. The number of carbonyl (C=O) groups excluding carboxylic acids is 3. The molecule has 6 aliphatic carbocycles. The summed E-state index contributed by atoms with van der Waals surface area (Å²) in [6.07, 6.45) is -18.3. The van der Waals surface area contributed by atoms with E-state index in [4.69, 9.17) is 0 Å². The zero-order valence-corrected chi connectivity index (χ0v) is 39.5. The van der Waals surface area contributed by atoms with Crippen molar-refractivity contribution in [1.29, 1.82) is 0 Å². The van der Waals surface area contributed by atoms with Crippen molar-refractivity contribution in [1.82, 2.24) is 0 Å². The van der Waals surface area contributed by atoms with Gasteiger partial charge in [0, 0.05) is 79.9 Å². The molecule has 0 unspecified atom stereocenters. The van der Waals surface area contributed by atoms with E-state index in [1.54, 1.807) is 41.5 Å². The molecule has 0 saturated heterocycles. The second kappa shape index (κ2) is 17.1. The van der Waals surface area contributed by atoms with Gasteiger partial charge in [-0.1, -0.05) is 62.3 Å². The summed E-state index contributed by atoms with van der Waals surface area (Å²) in [5, 5.41) is 28.6. The number of ketones is 3. The van der Waals surface area contributed by atoms with Crippen LogP contribution in [0, 0.1) is 97.2 Å². The molecule has 70 heavy (non-hydrogen) atoms. The number of allylic oxidation sites excluding steroid dienone is 6. The Labute approximate surface area is 423 Å². The molecule has 0 aliphatic heterocycles. The van der Waals surface area contributed by atoms with Crippen LogP contribution in [0.4, 0.5) is 92.2 Å². The Morgan fingerprint density at radius 1 is 0.371 bits per heavy atom. The number of carbonyl (C=O) groups is 3. The first kappa shape index (κ1) is 62.0. The molecule has 6 nitrogen and oxygen atoms in total. The summed E-state index contributed by atoms with van der Waals surface area (Å²) < 4.78 is 271. The third-order valence-corrected chi connectivity index (χ3v) is 16.9. The van der Waals surface area contributed by atoms with Crippen LogP contribution < -0.4 is 0 Å². The third kappa shape index (κ3) is 7.88. The number of alkyl halides is 21. The van der Waals surface area contributed by atoms with Crippen molar-refractivity contribution in [2.24, 2.45) is 50.2 Å². The zero-order chi connectivity index (χ0) is 54.7. The fourth-order valence-electron chi connectivity index (χ4n) is 10.9. The van der Waals surface area contributed by atoms with Crippen molar-refractivity contribution in [2.75, 3.05) is 0 Å². The van der Waals surface area contributed by atoms with Crippen molar-refractivity contribution >= 4 is 17.3 Å². The predicted molar refractivity (Wildman–Crippen MR) is 196 cm³/mol. The first-order valence-corrected chi connectivity index (χ1v) is 20.5. The number of halogens is 21. The van der Waals surface area contributed by atoms with Crippen LogP contribution in [0.15, 0.2) is 34.0 Å². The number of hydrogen-bond donors (Lipinski definition) is 3. The molecule has 0 radical (unpaired) electrons. The summed E-state index contributed by atoms with van der Waals surface area (Å²) in [4.78, 5) is 36.9. The van der Waals surface area contributed by atoms with Crippen LogP contribution in [0.25, 0.3) is 0 Å². The molecule has 28 heteroatoms. The van der Waals surface area contributed by atoms with Crippen LogP contribution in [0.2, 0.25) is 0 Å². The topological polar surface area (TPSA) is 112 Å². The van der Waals surface area contributed by atoms with Crippen LogP contribution in [0.5, 0.6) is 0 Å². The molecule has 6 saturated carbocycles. The second-order valence-electron chi connectivity index (χ2n) is 20.6. The SMILES string of the molecule is CC1(C)[C@@H]2CC[C@@]1(C)C(=O)/C2=C(/O)C(F)(F)C(F)(F)C(F)(F)F.CC1(C)[C@@H]2CC[C@@]1(C)C(=O)/C2=C(\O)C(F)(F)C(F)(F)C(F)(F)F.CC1(C)[C@@H]2CC[C@@]1(C)C(=O)/C2=C(\O)C(F)(F)C(F)(F)C(F)(F)F.[Yb]. The Morgan fingerprint density at radius 3 is 0.643 bits per heavy atom. The Bertz CT molecular complexity index is 2020. The molecule has 6 fully saturated rings. The average Bonchev–Trinajstić information content (AvgIpc) is 3.79. The van der Waals surface area contributed by atoms with E-state index in [9.17, 15) is 122 Å². The number of fused-ring (bicyclic) bond motifs is 6. The number of rotatable bonds is 6. The smallest absolute Gasteiger partial charge is 0.460 e. The van der Waals surface area contributed by atoms with E-state index in [-0.39, 0.29) is 66.2 Å². The normalized spacial score (nSPS) is 32.8. The van der Waals surface area contributed by atoms with E-state index in [2.05, 4.69) is 0 Å². The monoisotopic (exact) mass is 1220 g/mol. The molecule has 6 atom stereocenters. The first-order valence-electron chi connectivity index (χ1n) is 20.5. The predicted octanol–water partition coefficient (Wildman–Crippen LogP) is 14.0. The number of hydrogen-bond acceptors (Lipinski definition) is 6. The van der Waals surface area contributed by atoms with E-state index in [0.717, 1.165) is 0 Å². The molecule has 0 amide bonds. The molecule has 0 aromatic heterocycles. The molecule has 6 rings (SSSR count). The van der Waals surface area contributed by atoms with Gasteiger partial charge in [0.15, 0.2) is 34.6 Å². The van der Waals surface area contributed by atoms with Crippen LogP contribution in [-0.2, 0) is 14.4 Å². The summed E-state index contributed by atoms with van der Waals surface area (Å²) >= 11 is 0. The molecule has 3 N–H and O–H groups in total. The Hall–Kier alpha value is -2.32. The van der Waals surface area contributed by atoms with Gasteiger partial charge in [-0.2, -0.15) is 92.2 Å². The average molecular weight is 1220 g/mol. The number of Topliss-reactive ketones (excluding diaryl/α,β-unsaturated/α-hetero) is 3. The van der Waals surface area contributed by atoms with E-state index in [1.807, 2.05) is 0 Å². The van der Waals surface area contributed by atoms with Gasteiger partial charge in [0.1, 0.15) is 0 Å². The molecule has 0 aromatic rings. The van der Waals surface area contributed by atoms with E-state index >= 15 is 0 Å². The van der Waals surface area contributed by atoms with Crippen molar-refractivity contribution in [3.63, 3.8) is 0 Å². The molecule has 0 spiro atoms. The summed E-state index contributed by atoms with van der Waals surface area (Å²) in [6, 6.07) is 0. The Kier molecular flexibility index (Phi) is 15.1. The molecule has 0 heterocycles. The van der Waals surface area contributed by atoms with E-state index in [0.29, 0.717) is 19.3 Å². The maximum Gasteiger partial charge on any atom is 0.460 e. The standard InChI is InChI=1S/3C14H15F7O2.Yb/c3*1-10(2)6-4-5-11(10,3)8(22)7(6)9(23)12(15,16)13(17,18)14(19,20)21;/h3*6,23H,4-5H2,1-3H3;/b9-7+;2*9-7-;/t3*6-,11+;/m111./s1. The van der Waals surface area contributed by atoms with Gasteiger partial charge in [0.2, 0.25) is 0 Å². The maximum atomic E-state index is 13.7. The third-order valence-electron chi connectivity index (χ3n) is 16.9. The number of aliphatic hydroxyl groups excluding tert-OH is 3. The van der Waals surface area contributed by atoms with Gasteiger partial charge in [-0.3, -0.25) is 14.4 Å². The van der Waals surface area contributed by atoms with Gasteiger partial charge in [0.25, 0.3) is 0 Å². The summed E-state index contributed by atoms with van der Waals surface area (Å²) in [5.74, 6) is -50.5. The van der Waals surface area contributed by atoms with Gasteiger partial charge in [-0.15, -0.1) is 0 Å². The summed E-state index contributed by atoms with van der Waals surface area (Å²) in [5.41, 5.74) is -9.29. The number of aliphatic hydroxyl groups is 3. The van der Waals surface area contributed by atoms with Gasteiger partial charge in [0.05, 0.1) is 0 Å². The quantitative estimate of drug-likeness (QED) is 0.139. The van der Waals surface area contributed by atoms with Crippen molar-refractivity contribution in [3.05, 3.63) is 34.0 Å². The van der Waals surface area contributed by atoms with Crippen LogP contribution >= 0.6 is 0 Å². The molecule has 410 valence electrons. The maximum absolute atomic E-state index is 13.7. The van der Waals surface area contributed by atoms with Crippen LogP contribution in [0.3, 0.4) is 0 Å². The van der Waals surface area contributed by atoms with E-state index < -0.39 is 156 Å². The first-order chi connectivity index (χ1) is 30.1. The van der Waals surface area contributed by atoms with Crippen LogP contribution in [-0.4, -0.2) is 86.7 Å². The Balaban J connectivity index is 0.000000276. The fourth-order valence-corrected chi connectivity index (χ4v) is 10.9. The van der Waals surface area contributed by atoms with Gasteiger partial charge in [-0.25, -0.2) is 0 Å². The molecular formula is C42H45F21O6Yb. The van der Waals surface area contributed by atoms with Gasteiger partial charge < -0.3 is 15.3 Å². The molecule has 6 bridgehead atoms. The molecule has 6 aliphatic rings. The van der Waals surface area contributed by atoms with Crippen molar-refractivity contribution in [3.8, 4) is 0 Å². The van der Waals surface area contributed by atoms with Gasteiger partial charge in [-0.05, 0) is 72.5 Å². The fraction of sp³-hybridized carbons (Fsp3) is 0.786. The largest absolute Gasteiger partial charge is 0.506 e. The van der Waals surface area contributed by atoms with Gasteiger partial charge >= 0.3 is 54.1 Å². The zero-order valence-electron chi connectivity index (χ0n) is 37.7. The summed E-state index contributed by atoms with van der Waals surface area (Å²) in [6.45, 7) is 13.6. The van der Waals surface area contributed by atoms with Crippen molar-refractivity contribution < 1.29 is 169 Å². The van der Waals surface area contributed by atoms with E-state index in [1.165, 1.54) is 20.8 Å².